The minimum atomic E-state index is -1.03. The van der Waals surface area contributed by atoms with Crippen LogP contribution in [0.4, 0.5) is 0 Å². The SMILES string of the molecule is C[C@H]1CCC[C@]2(C)CC=C3C(=CC[C@@H]4[C@@]5(C)CC[C@@H](O)[C@](C)(C(=O)O)[C@@H]5CC[C@@]34C)[C@H]12. The van der Waals surface area contributed by atoms with E-state index in [4.69, 9.17) is 0 Å². The van der Waals surface area contributed by atoms with Gasteiger partial charge in [-0.05, 0) is 103 Å². The number of carboxylic acids is 1. The Morgan fingerprint density at radius 1 is 1.00 bits per heavy atom. The molecule has 0 saturated heterocycles. The van der Waals surface area contributed by atoms with Gasteiger partial charge in [0, 0.05) is 0 Å². The summed E-state index contributed by atoms with van der Waals surface area (Å²) in [6, 6.07) is 0. The second-order valence-electron chi connectivity index (χ2n) is 12.9. The predicted octanol–water partition coefficient (Wildman–Crippen LogP) is 6.37. The molecule has 3 fully saturated rings. The Balaban J connectivity index is 1.58. The van der Waals surface area contributed by atoms with Gasteiger partial charge in [-0.15, -0.1) is 0 Å². The molecule has 0 aromatic rings. The lowest BCUT2D eigenvalue weighted by Gasteiger charge is -2.65. The van der Waals surface area contributed by atoms with Gasteiger partial charge >= 0.3 is 5.97 Å². The summed E-state index contributed by atoms with van der Waals surface area (Å²) in [5.74, 6) is 1.12. The second-order valence-corrected chi connectivity index (χ2v) is 12.9. The lowest BCUT2D eigenvalue weighted by molar-refractivity contribution is -0.196. The molecule has 5 rings (SSSR count). The second kappa shape index (κ2) is 6.72. The van der Waals surface area contributed by atoms with Crippen LogP contribution in [0.1, 0.15) is 92.4 Å². The molecule has 0 aliphatic heterocycles. The number of carbonyl (C=O) groups is 1. The van der Waals surface area contributed by atoms with Crippen LogP contribution in [0.15, 0.2) is 23.3 Å². The molecule has 0 spiro atoms. The van der Waals surface area contributed by atoms with Gasteiger partial charge in [0.05, 0.1) is 11.5 Å². The number of allylic oxidation sites excluding steroid dienone is 4. The van der Waals surface area contributed by atoms with Gasteiger partial charge < -0.3 is 10.2 Å². The van der Waals surface area contributed by atoms with Gasteiger partial charge in [-0.25, -0.2) is 0 Å². The fourth-order valence-electron chi connectivity index (χ4n) is 9.79. The Morgan fingerprint density at radius 3 is 2.45 bits per heavy atom. The molecule has 3 heteroatoms. The molecular weight excluding hydrogens is 384 g/mol. The maximum absolute atomic E-state index is 12.4. The first kappa shape index (κ1) is 21.7. The van der Waals surface area contributed by atoms with Crippen molar-refractivity contribution in [1.82, 2.24) is 0 Å². The van der Waals surface area contributed by atoms with Crippen LogP contribution >= 0.6 is 0 Å². The molecule has 0 amide bonds. The lowest BCUT2D eigenvalue weighted by Crippen LogP contribution is -2.62. The van der Waals surface area contributed by atoms with Gasteiger partial charge in [0.25, 0.3) is 0 Å². The average molecular weight is 427 g/mol. The van der Waals surface area contributed by atoms with Crippen LogP contribution in [-0.2, 0) is 4.79 Å². The van der Waals surface area contributed by atoms with E-state index in [1.54, 1.807) is 11.1 Å². The molecule has 31 heavy (non-hydrogen) atoms. The molecule has 0 radical (unpaired) electrons. The first-order valence-electron chi connectivity index (χ1n) is 12.8. The Labute approximate surface area is 188 Å². The van der Waals surface area contributed by atoms with Crippen molar-refractivity contribution in [3.63, 3.8) is 0 Å². The van der Waals surface area contributed by atoms with Gasteiger partial charge in [0.1, 0.15) is 0 Å². The van der Waals surface area contributed by atoms with Crippen molar-refractivity contribution in [3.8, 4) is 0 Å². The Morgan fingerprint density at radius 2 is 1.74 bits per heavy atom. The van der Waals surface area contributed by atoms with Gasteiger partial charge in [-0.1, -0.05) is 52.7 Å². The molecule has 2 N–H and O–H groups in total. The molecule has 3 nitrogen and oxygen atoms in total. The number of rotatable bonds is 1. The summed E-state index contributed by atoms with van der Waals surface area (Å²) in [5.41, 5.74) is 2.74. The zero-order chi connectivity index (χ0) is 22.4. The number of fused-ring (bicyclic) bond motifs is 7. The van der Waals surface area contributed by atoms with E-state index in [9.17, 15) is 15.0 Å². The van der Waals surface area contributed by atoms with Gasteiger partial charge in [0.2, 0.25) is 0 Å². The van der Waals surface area contributed by atoms with Crippen molar-refractivity contribution in [3.05, 3.63) is 23.3 Å². The molecule has 9 atom stereocenters. The number of aliphatic hydroxyl groups is 1. The van der Waals surface area contributed by atoms with Crippen molar-refractivity contribution >= 4 is 5.97 Å². The number of aliphatic carboxylic acids is 1. The van der Waals surface area contributed by atoms with E-state index in [2.05, 4.69) is 39.8 Å². The molecule has 5 aliphatic carbocycles. The highest BCUT2D eigenvalue weighted by Crippen LogP contribution is 2.70. The van der Waals surface area contributed by atoms with Crippen LogP contribution < -0.4 is 0 Å². The van der Waals surface area contributed by atoms with Crippen molar-refractivity contribution in [2.24, 2.45) is 45.3 Å². The van der Waals surface area contributed by atoms with E-state index in [1.807, 2.05) is 6.92 Å². The predicted molar refractivity (Wildman–Crippen MR) is 123 cm³/mol. The Hall–Kier alpha value is -1.09. The molecule has 5 aliphatic rings. The molecule has 0 aromatic carbocycles. The Kier molecular flexibility index (Phi) is 4.71. The average Bonchev–Trinajstić information content (AvgIpc) is 2.70. The van der Waals surface area contributed by atoms with E-state index >= 15 is 0 Å². The highest BCUT2D eigenvalue weighted by molar-refractivity contribution is 5.76. The quantitative estimate of drug-likeness (QED) is 0.512. The smallest absolute Gasteiger partial charge is 0.312 e. The lowest BCUT2D eigenvalue weighted by atomic mass is 9.38. The number of hydrogen-bond acceptors (Lipinski definition) is 2. The van der Waals surface area contributed by atoms with Crippen LogP contribution in [0.5, 0.6) is 0 Å². The maximum Gasteiger partial charge on any atom is 0.312 e. The molecule has 0 heterocycles. The first-order valence-corrected chi connectivity index (χ1v) is 12.8. The summed E-state index contributed by atoms with van der Waals surface area (Å²) in [7, 11) is 0. The van der Waals surface area contributed by atoms with Gasteiger partial charge in [-0.3, -0.25) is 4.79 Å². The van der Waals surface area contributed by atoms with Crippen LogP contribution in [0.3, 0.4) is 0 Å². The van der Waals surface area contributed by atoms with Crippen LogP contribution in [0.25, 0.3) is 0 Å². The van der Waals surface area contributed by atoms with Crippen molar-refractivity contribution in [2.75, 3.05) is 0 Å². The largest absolute Gasteiger partial charge is 0.481 e. The topological polar surface area (TPSA) is 57.5 Å². The van der Waals surface area contributed by atoms with Crippen LogP contribution in [0.2, 0.25) is 0 Å². The number of hydrogen-bond donors (Lipinski definition) is 2. The fraction of sp³-hybridized carbons (Fsp3) is 0.821. The molecule has 0 bridgehead atoms. The van der Waals surface area contributed by atoms with E-state index < -0.39 is 17.5 Å². The van der Waals surface area contributed by atoms with Gasteiger partial charge in [0.15, 0.2) is 0 Å². The molecular formula is C28H42O3. The molecule has 172 valence electrons. The van der Waals surface area contributed by atoms with E-state index in [1.165, 1.54) is 25.7 Å². The third kappa shape index (κ3) is 2.65. The summed E-state index contributed by atoms with van der Waals surface area (Å²) in [5, 5.41) is 21.0. The highest BCUT2D eigenvalue weighted by Gasteiger charge is 2.66. The monoisotopic (exact) mass is 426 g/mol. The summed E-state index contributed by atoms with van der Waals surface area (Å²) in [6.07, 6.45) is 14.3. The molecule has 3 saturated carbocycles. The summed E-state index contributed by atoms with van der Waals surface area (Å²) >= 11 is 0. The van der Waals surface area contributed by atoms with Crippen molar-refractivity contribution in [2.45, 2.75) is 98.5 Å². The zero-order valence-electron chi connectivity index (χ0n) is 20.2. The standard InChI is InChI=1S/C28H42O3/c1-17-7-6-13-25(2)14-10-19-18(23(17)25)8-9-20-26(19,3)15-11-21-27(20,4)16-12-22(29)28(21,5)24(30)31/h8,10,17,20-23,29H,6-7,9,11-16H2,1-5H3,(H,30,31)/t17-,20-,21+,22+,23-,25+,26-,27+,28+/m0/s1. The zero-order valence-corrected chi connectivity index (χ0v) is 20.2. The summed E-state index contributed by atoms with van der Waals surface area (Å²) < 4.78 is 0. The van der Waals surface area contributed by atoms with Gasteiger partial charge in [-0.2, -0.15) is 0 Å². The normalized spacial score (nSPS) is 53.8. The number of carboxylic acid groups (broad SMARTS) is 1. The van der Waals surface area contributed by atoms with Crippen LogP contribution in [0, 0.1) is 45.3 Å². The summed E-state index contributed by atoms with van der Waals surface area (Å²) in [6.45, 7) is 11.7. The summed E-state index contributed by atoms with van der Waals surface area (Å²) in [4.78, 5) is 12.4. The highest BCUT2D eigenvalue weighted by atomic mass is 16.4. The first-order chi connectivity index (χ1) is 14.5. The van der Waals surface area contributed by atoms with E-state index in [0.717, 1.165) is 31.6 Å². The van der Waals surface area contributed by atoms with Crippen molar-refractivity contribution in [1.29, 1.82) is 0 Å². The van der Waals surface area contributed by atoms with E-state index in [0.29, 0.717) is 23.7 Å². The third-order valence-corrected chi connectivity index (χ3v) is 11.5. The Bertz CT molecular complexity index is 856. The third-order valence-electron chi connectivity index (χ3n) is 11.5. The number of aliphatic hydroxyl groups excluding tert-OH is 1. The molecule has 0 aromatic heterocycles. The van der Waals surface area contributed by atoms with Crippen LogP contribution in [-0.4, -0.2) is 22.3 Å². The molecule has 0 unspecified atom stereocenters. The van der Waals surface area contributed by atoms with Crippen molar-refractivity contribution < 1.29 is 15.0 Å². The maximum atomic E-state index is 12.4. The minimum Gasteiger partial charge on any atom is -0.481 e. The van der Waals surface area contributed by atoms with E-state index in [-0.39, 0.29) is 16.7 Å². The minimum absolute atomic E-state index is 0.0392. The fourth-order valence-corrected chi connectivity index (χ4v) is 9.79.